The Kier molecular flexibility index (Phi) is 6.69. The van der Waals surface area contributed by atoms with Gasteiger partial charge in [0.15, 0.2) is 5.78 Å². The molecule has 3 amide bonds. The fourth-order valence-electron chi connectivity index (χ4n) is 3.62. The van der Waals surface area contributed by atoms with Crippen LogP contribution in [0.4, 0.5) is 9.59 Å². The van der Waals surface area contributed by atoms with Gasteiger partial charge in [0.05, 0.1) is 6.54 Å². The van der Waals surface area contributed by atoms with Crippen molar-refractivity contribution in [1.29, 1.82) is 0 Å². The average molecular weight is 403 g/mol. The summed E-state index contributed by atoms with van der Waals surface area (Å²) in [4.78, 5) is 50.1. The van der Waals surface area contributed by atoms with E-state index in [1.807, 2.05) is 30.3 Å². The smallest absolute Gasteiger partial charge is 0.410 e. The Morgan fingerprint density at radius 2 is 1.79 bits per heavy atom. The molecule has 1 atom stereocenters. The van der Waals surface area contributed by atoms with Crippen molar-refractivity contribution in [2.45, 2.75) is 44.4 Å². The minimum atomic E-state index is -1.27. The zero-order valence-electron chi connectivity index (χ0n) is 16.1. The maximum absolute atomic E-state index is 12.5. The van der Waals surface area contributed by atoms with Gasteiger partial charge in [-0.15, -0.1) is 0 Å². The number of nitrogens with zero attached hydrogens (tertiary/aromatic N) is 2. The van der Waals surface area contributed by atoms with E-state index in [0.29, 0.717) is 25.9 Å². The highest BCUT2D eigenvalue weighted by Crippen LogP contribution is 2.17. The molecule has 0 aliphatic carbocycles. The predicted molar refractivity (Wildman–Crippen MR) is 102 cm³/mol. The van der Waals surface area contributed by atoms with E-state index in [9.17, 15) is 24.3 Å². The lowest BCUT2D eigenvalue weighted by Gasteiger charge is -2.35. The quantitative estimate of drug-likeness (QED) is 0.789. The van der Waals surface area contributed by atoms with Crippen molar-refractivity contribution in [2.75, 3.05) is 19.6 Å². The van der Waals surface area contributed by atoms with Gasteiger partial charge in [0.1, 0.15) is 12.6 Å². The average Bonchev–Trinajstić information content (AvgIpc) is 2.73. The van der Waals surface area contributed by atoms with Crippen LogP contribution in [0.25, 0.3) is 0 Å². The van der Waals surface area contributed by atoms with Gasteiger partial charge < -0.3 is 20.1 Å². The molecule has 0 radical (unpaired) electrons. The summed E-state index contributed by atoms with van der Waals surface area (Å²) >= 11 is 0. The third-order valence-corrected chi connectivity index (χ3v) is 5.27. The fourth-order valence-corrected chi connectivity index (χ4v) is 3.62. The van der Waals surface area contributed by atoms with E-state index in [1.54, 1.807) is 4.90 Å². The van der Waals surface area contributed by atoms with E-state index in [0.717, 1.165) is 10.5 Å². The van der Waals surface area contributed by atoms with E-state index in [1.165, 1.54) is 0 Å². The number of carbonyl (C=O) groups excluding carboxylic acids is 3. The highest BCUT2D eigenvalue weighted by molar-refractivity contribution is 5.92. The SMILES string of the molecule is O=C1CC[C@@H](C(=O)NC2CCN(C(=O)OCc3ccccc3)CC2)N(C(=O)O)C1. The zero-order valence-corrected chi connectivity index (χ0v) is 16.1. The molecule has 2 heterocycles. The van der Waals surface area contributed by atoms with Crippen LogP contribution in [0.1, 0.15) is 31.2 Å². The standard InChI is InChI=1S/C20H25N3O6/c24-16-6-7-17(23(12-16)19(26)27)18(25)21-15-8-10-22(11-9-15)20(28)29-13-14-4-2-1-3-5-14/h1-5,15,17H,6-13H2,(H,21,25)(H,26,27)/t17-/m0/s1. The molecule has 2 aliphatic heterocycles. The molecule has 0 aromatic heterocycles. The summed E-state index contributed by atoms with van der Waals surface area (Å²) < 4.78 is 5.33. The number of ketones is 1. The van der Waals surface area contributed by atoms with E-state index >= 15 is 0 Å². The van der Waals surface area contributed by atoms with Crippen molar-refractivity contribution in [3.63, 3.8) is 0 Å². The van der Waals surface area contributed by atoms with Crippen molar-refractivity contribution in [1.82, 2.24) is 15.1 Å². The highest BCUT2D eigenvalue weighted by atomic mass is 16.6. The summed E-state index contributed by atoms with van der Waals surface area (Å²) in [6, 6.07) is 8.43. The summed E-state index contributed by atoms with van der Waals surface area (Å²) in [6.07, 6.45) is -0.138. The Morgan fingerprint density at radius 1 is 1.10 bits per heavy atom. The number of benzene rings is 1. The minimum Gasteiger partial charge on any atom is -0.465 e. The van der Waals surface area contributed by atoms with Gasteiger partial charge in [-0.3, -0.25) is 14.5 Å². The number of likely N-dealkylation sites (tertiary alicyclic amines) is 2. The fraction of sp³-hybridized carbons (Fsp3) is 0.500. The molecule has 1 aromatic rings. The van der Waals surface area contributed by atoms with Crippen LogP contribution in [-0.2, 0) is 20.9 Å². The lowest BCUT2D eigenvalue weighted by Crippen LogP contribution is -2.56. The Morgan fingerprint density at radius 3 is 2.45 bits per heavy atom. The second-order valence-electron chi connectivity index (χ2n) is 7.31. The third kappa shape index (κ3) is 5.46. The molecule has 9 nitrogen and oxygen atoms in total. The third-order valence-electron chi connectivity index (χ3n) is 5.27. The van der Waals surface area contributed by atoms with E-state index in [2.05, 4.69) is 5.32 Å². The van der Waals surface area contributed by atoms with Crippen molar-refractivity contribution in [3.05, 3.63) is 35.9 Å². The molecule has 0 spiro atoms. The van der Waals surface area contributed by atoms with Gasteiger partial charge in [-0.2, -0.15) is 0 Å². The van der Waals surface area contributed by atoms with Gasteiger partial charge >= 0.3 is 12.2 Å². The predicted octanol–water partition coefficient (Wildman–Crippen LogP) is 1.62. The van der Waals surface area contributed by atoms with Gasteiger partial charge in [-0.05, 0) is 24.8 Å². The monoisotopic (exact) mass is 403 g/mol. The maximum Gasteiger partial charge on any atom is 0.410 e. The lowest BCUT2D eigenvalue weighted by molar-refractivity contribution is -0.131. The molecule has 0 bridgehead atoms. The van der Waals surface area contributed by atoms with Gasteiger partial charge in [-0.25, -0.2) is 9.59 Å². The number of amides is 3. The van der Waals surface area contributed by atoms with E-state index in [-0.39, 0.29) is 49.8 Å². The van der Waals surface area contributed by atoms with Crippen LogP contribution in [0.15, 0.2) is 30.3 Å². The number of nitrogens with one attached hydrogen (secondary N) is 1. The van der Waals surface area contributed by atoms with Crippen molar-refractivity contribution in [3.8, 4) is 0 Å². The zero-order chi connectivity index (χ0) is 20.8. The molecule has 3 rings (SSSR count). The number of hydrogen-bond donors (Lipinski definition) is 2. The molecule has 2 aliphatic rings. The molecule has 29 heavy (non-hydrogen) atoms. The minimum absolute atomic E-state index is 0.144. The summed E-state index contributed by atoms with van der Waals surface area (Å²) in [6.45, 7) is 0.857. The normalized spacial score (nSPS) is 20.3. The van der Waals surface area contributed by atoms with Gasteiger partial charge in [-0.1, -0.05) is 30.3 Å². The lowest BCUT2D eigenvalue weighted by atomic mass is 9.99. The summed E-state index contributed by atoms with van der Waals surface area (Å²) in [7, 11) is 0. The Labute approximate surface area is 168 Å². The van der Waals surface area contributed by atoms with Crippen LogP contribution in [0, 0.1) is 0 Å². The van der Waals surface area contributed by atoms with Crippen molar-refractivity contribution >= 4 is 23.9 Å². The molecule has 2 saturated heterocycles. The number of ether oxygens (including phenoxy) is 1. The summed E-state index contributed by atoms with van der Waals surface area (Å²) in [5.74, 6) is -0.566. The molecule has 156 valence electrons. The number of rotatable bonds is 4. The first-order valence-corrected chi connectivity index (χ1v) is 9.71. The van der Waals surface area contributed by atoms with E-state index in [4.69, 9.17) is 4.74 Å². The Hall–Kier alpha value is -3.10. The number of carbonyl (C=O) groups is 4. The van der Waals surface area contributed by atoms with Gasteiger partial charge in [0, 0.05) is 25.6 Å². The molecular formula is C20H25N3O6. The molecule has 9 heteroatoms. The highest BCUT2D eigenvalue weighted by Gasteiger charge is 2.36. The van der Waals surface area contributed by atoms with Crippen LogP contribution in [0.5, 0.6) is 0 Å². The van der Waals surface area contributed by atoms with Crippen molar-refractivity contribution < 1.29 is 29.0 Å². The second kappa shape index (κ2) is 9.40. The molecule has 1 aromatic carbocycles. The van der Waals surface area contributed by atoms with Crippen LogP contribution >= 0.6 is 0 Å². The van der Waals surface area contributed by atoms with E-state index < -0.39 is 12.1 Å². The number of piperidine rings is 2. The van der Waals surface area contributed by atoms with Crippen LogP contribution in [0.3, 0.4) is 0 Å². The van der Waals surface area contributed by atoms with Crippen molar-refractivity contribution in [2.24, 2.45) is 0 Å². The first-order valence-electron chi connectivity index (χ1n) is 9.71. The second-order valence-corrected chi connectivity index (χ2v) is 7.31. The van der Waals surface area contributed by atoms with Crippen LogP contribution < -0.4 is 5.32 Å². The first-order chi connectivity index (χ1) is 13.9. The van der Waals surface area contributed by atoms with Gasteiger partial charge in [0.2, 0.25) is 5.91 Å². The Bertz CT molecular complexity index is 761. The summed E-state index contributed by atoms with van der Waals surface area (Å²) in [5.41, 5.74) is 0.914. The maximum atomic E-state index is 12.5. The summed E-state index contributed by atoms with van der Waals surface area (Å²) in [5, 5.41) is 12.1. The number of carboxylic acid groups (broad SMARTS) is 1. The van der Waals surface area contributed by atoms with Gasteiger partial charge in [0.25, 0.3) is 0 Å². The Balaban J connectivity index is 1.44. The molecule has 0 saturated carbocycles. The first kappa shape index (κ1) is 20.6. The van der Waals surface area contributed by atoms with Crippen LogP contribution in [-0.4, -0.2) is 70.5 Å². The molecule has 2 fully saturated rings. The molecule has 0 unspecified atom stereocenters. The van der Waals surface area contributed by atoms with Crippen LogP contribution in [0.2, 0.25) is 0 Å². The number of Topliss-reactive ketones (excluding diaryl/α,β-unsaturated/α-hetero) is 1. The molecular weight excluding hydrogens is 378 g/mol. The largest absolute Gasteiger partial charge is 0.465 e. The topological polar surface area (TPSA) is 116 Å². The number of hydrogen-bond acceptors (Lipinski definition) is 5. The molecule has 2 N–H and O–H groups in total.